The second kappa shape index (κ2) is 5.08. The van der Waals surface area contributed by atoms with Crippen LogP contribution in [0.15, 0.2) is 5.38 Å². The average molecular weight is 224 g/mol. The fourth-order valence-corrected chi connectivity index (χ4v) is 2.60. The van der Waals surface area contributed by atoms with Crippen molar-refractivity contribution in [2.45, 2.75) is 45.6 Å². The van der Waals surface area contributed by atoms with Crippen LogP contribution in [0.3, 0.4) is 0 Å². The highest BCUT2D eigenvalue weighted by Crippen LogP contribution is 2.32. The van der Waals surface area contributed by atoms with Crippen molar-refractivity contribution in [1.29, 1.82) is 0 Å². The summed E-state index contributed by atoms with van der Waals surface area (Å²) in [4.78, 5) is 4.56. The molecule has 1 N–H and O–H groups in total. The van der Waals surface area contributed by atoms with Gasteiger partial charge in [-0.05, 0) is 32.1 Å². The first kappa shape index (κ1) is 11.1. The molecular weight excluding hydrogens is 204 g/mol. The van der Waals surface area contributed by atoms with Gasteiger partial charge < -0.3 is 5.32 Å². The van der Waals surface area contributed by atoms with Gasteiger partial charge in [-0.2, -0.15) is 0 Å². The lowest BCUT2D eigenvalue weighted by atomic mass is 10.2. The van der Waals surface area contributed by atoms with Gasteiger partial charge in [0.05, 0.1) is 10.7 Å². The van der Waals surface area contributed by atoms with Gasteiger partial charge in [0.15, 0.2) is 0 Å². The Morgan fingerprint density at radius 1 is 1.60 bits per heavy atom. The molecule has 1 aromatic heterocycles. The highest BCUT2D eigenvalue weighted by molar-refractivity contribution is 7.09. The predicted molar refractivity (Wildman–Crippen MR) is 65.4 cm³/mol. The molecule has 1 aliphatic carbocycles. The molecule has 1 heterocycles. The first-order valence-corrected chi connectivity index (χ1v) is 6.84. The van der Waals surface area contributed by atoms with Gasteiger partial charge in [-0.1, -0.05) is 6.92 Å². The summed E-state index contributed by atoms with van der Waals surface area (Å²) in [6.07, 6.45) is 4.99. The Morgan fingerprint density at radius 3 is 3.00 bits per heavy atom. The Bertz CT molecular complexity index is 304. The highest BCUT2D eigenvalue weighted by Gasteiger charge is 2.27. The minimum absolute atomic E-state index is 0.703. The van der Waals surface area contributed by atoms with Crippen LogP contribution in [0.5, 0.6) is 0 Å². The maximum atomic E-state index is 4.56. The Balaban J connectivity index is 1.68. The van der Waals surface area contributed by atoms with Gasteiger partial charge in [-0.3, -0.25) is 0 Å². The van der Waals surface area contributed by atoms with E-state index in [2.05, 4.69) is 29.5 Å². The Labute approximate surface area is 96.1 Å². The minimum Gasteiger partial charge on any atom is -0.314 e. The van der Waals surface area contributed by atoms with Gasteiger partial charge in [-0.15, -0.1) is 11.3 Å². The molecule has 0 amide bonds. The molecule has 1 aromatic rings. The molecular formula is C12H20N2S. The van der Waals surface area contributed by atoms with Crippen molar-refractivity contribution in [2.24, 2.45) is 5.92 Å². The van der Waals surface area contributed by atoms with Crippen molar-refractivity contribution in [3.63, 3.8) is 0 Å². The monoisotopic (exact) mass is 224 g/mol. The Morgan fingerprint density at radius 2 is 2.40 bits per heavy atom. The highest BCUT2D eigenvalue weighted by atomic mass is 32.1. The molecule has 15 heavy (non-hydrogen) atoms. The van der Waals surface area contributed by atoms with Gasteiger partial charge in [0.2, 0.25) is 0 Å². The number of aromatic nitrogens is 1. The maximum Gasteiger partial charge on any atom is 0.0925 e. The summed E-state index contributed by atoms with van der Waals surface area (Å²) in [5, 5.41) is 7.05. The molecule has 0 saturated heterocycles. The van der Waals surface area contributed by atoms with Crippen molar-refractivity contribution in [3.05, 3.63) is 16.1 Å². The van der Waals surface area contributed by atoms with Crippen LogP contribution in [0.1, 0.15) is 37.4 Å². The molecule has 1 fully saturated rings. The number of nitrogens with one attached hydrogen (secondary N) is 1. The zero-order valence-electron chi connectivity index (χ0n) is 9.62. The molecule has 1 unspecified atom stereocenters. The van der Waals surface area contributed by atoms with Gasteiger partial charge in [0, 0.05) is 24.4 Å². The summed E-state index contributed by atoms with van der Waals surface area (Å²) in [5.41, 5.74) is 1.26. The van der Waals surface area contributed by atoms with E-state index in [1.807, 2.05) is 0 Å². The molecule has 0 aliphatic heterocycles. The third-order valence-electron chi connectivity index (χ3n) is 3.08. The van der Waals surface area contributed by atoms with Crippen LogP contribution in [0, 0.1) is 5.92 Å². The molecule has 0 bridgehead atoms. The van der Waals surface area contributed by atoms with Crippen LogP contribution < -0.4 is 5.32 Å². The number of nitrogens with zero attached hydrogens (tertiary/aromatic N) is 1. The standard InChI is InChI=1S/C12H20N2S/c1-3-12-14-11(8-15-12)6-7-13-9(2)10-4-5-10/h8-10,13H,3-7H2,1-2H3. The van der Waals surface area contributed by atoms with Crippen LogP contribution in [0.2, 0.25) is 0 Å². The lowest BCUT2D eigenvalue weighted by Gasteiger charge is -2.11. The van der Waals surface area contributed by atoms with Crippen molar-refractivity contribution in [3.8, 4) is 0 Å². The summed E-state index contributed by atoms with van der Waals surface area (Å²) < 4.78 is 0. The summed E-state index contributed by atoms with van der Waals surface area (Å²) in [6.45, 7) is 5.54. The molecule has 2 rings (SSSR count). The number of thiazole rings is 1. The van der Waals surface area contributed by atoms with E-state index in [1.165, 1.54) is 23.5 Å². The third kappa shape index (κ3) is 3.28. The summed E-state index contributed by atoms with van der Waals surface area (Å²) >= 11 is 1.79. The van der Waals surface area contributed by atoms with Crippen LogP contribution in [0.4, 0.5) is 0 Å². The van der Waals surface area contributed by atoms with Crippen molar-refractivity contribution in [2.75, 3.05) is 6.54 Å². The number of hydrogen-bond acceptors (Lipinski definition) is 3. The SMILES string of the molecule is CCc1nc(CCNC(C)C2CC2)cs1. The molecule has 1 saturated carbocycles. The first-order valence-electron chi connectivity index (χ1n) is 5.96. The fourth-order valence-electron chi connectivity index (χ4n) is 1.82. The summed E-state index contributed by atoms with van der Waals surface area (Å²) in [7, 11) is 0. The van der Waals surface area contributed by atoms with Crippen LogP contribution >= 0.6 is 11.3 Å². The van der Waals surface area contributed by atoms with Gasteiger partial charge in [0.1, 0.15) is 0 Å². The molecule has 0 spiro atoms. The van der Waals surface area contributed by atoms with E-state index in [-0.39, 0.29) is 0 Å². The maximum absolute atomic E-state index is 4.56. The van der Waals surface area contributed by atoms with E-state index in [4.69, 9.17) is 0 Å². The van der Waals surface area contributed by atoms with Gasteiger partial charge >= 0.3 is 0 Å². The van der Waals surface area contributed by atoms with Crippen LogP contribution in [0.25, 0.3) is 0 Å². The quantitative estimate of drug-likeness (QED) is 0.803. The third-order valence-corrected chi connectivity index (χ3v) is 4.12. The lowest BCUT2D eigenvalue weighted by molar-refractivity contribution is 0.499. The first-order chi connectivity index (χ1) is 7.29. The smallest absolute Gasteiger partial charge is 0.0925 e. The second-order valence-electron chi connectivity index (χ2n) is 4.42. The van der Waals surface area contributed by atoms with E-state index in [0.717, 1.165) is 25.3 Å². The van der Waals surface area contributed by atoms with Crippen molar-refractivity contribution in [1.82, 2.24) is 10.3 Å². The van der Waals surface area contributed by atoms with E-state index in [9.17, 15) is 0 Å². The lowest BCUT2D eigenvalue weighted by Crippen LogP contribution is -2.29. The fraction of sp³-hybridized carbons (Fsp3) is 0.750. The number of aryl methyl sites for hydroxylation is 1. The van der Waals surface area contributed by atoms with Crippen molar-refractivity contribution < 1.29 is 0 Å². The largest absolute Gasteiger partial charge is 0.314 e. The summed E-state index contributed by atoms with van der Waals surface area (Å²) in [5.74, 6) is 0.951. The zero-order chi connectivity index (χ0) is 10.7. The topological polar surface area (TPSA) is 24.9 Å². The number of rotatable bonds is 6. The van der Waals surface area contributed by atoms with Gasteiger partial charge in [-0.25, -0.2) is 4.98 Å². The second-order valence-corrected chi connectivity index (χ2v) is 5.36. The average Bonchev–Trinajstić information content (AvgIpc) is 2.99. The Hall–Kier alpha value is -0.410. The van der Waals surface area contributed by atoms with Crippen molar-refractivity contribution >= 4 is 11.3 Å². The Kier molecular flexibility index (Phi) is 3.76. The van der Waals surface area contributed by atoms with Crippen LogP contribution in [-0.2, 0) is 12.8 Å². The van der Waals surface area contributed by atoms with E-state index >= 15 is 0 Å². The van der Waals surface area contributed by atoms with E-state index < -0.39 is 0 Å². The predicted octanol–water partition coefficient (Wildman–Crippen LogP) is 2.64. The number of hydrogen-bond donors (Lipinski definition) is 1. The minimum atomic E-state index is 0.703. The molecule has 0 aromatic carbocycles. The zero-order valence-corrected chi connectivity index (χ0v) is 10.4. The normalized spacial score (nSPS) is 18.0. The van der Waals surface area contributed by atoms with E-state index in [1.54, 1.807) is 11.3 Å². The molecule has 1 atom stereocenters. The van der Waals surface area contributed by atoms with Gasteiger partial charge in [0.25, 0.3) is 0 Å². The molecule has 0 radical (unpaired) electrons. The van der Waals surface area contributed by atoms with E-state index in [0.29, 0.717) is 6.04 Å². The summed E-state index contributed by atoms with van der Waals surface area (Å²) in [6, 6.07) is 0.703. The molecule has 84 valence electrons. The molecule has 2 nitrogen and oxygen atoms in total. The van der Waals surface area contributed by atoms with Crippen LogP contribution in [-0.4, -0.2) is 17.6 Å². The molecule has 1 aliphatic rings. The molecule has 3 heteroatoms.